The van der Waals surface area contributed by atoms with Crippen LogP contribution in [0.15, 0.2) is 9.63 Å². The van der Waals surface area contributed by atoms with Crippen molar-refractivity contribution < 1.29 is 21.6 Å². The maximum Gasteiger partial charge on any atom is 0.393 e. The zero-order chi connectivity index (χ0) is 15.1. The van der Waals surface area contributed by atoms with Crippen molar-refractivity contribution in [1.82, 2.24) is 19.3 Å². The molecule has 0 radical (unpaired) electrons. The maximum absolute atomic E-state index is 12.7. The van der Waals surface area contributed by atoms with Crippen LogP contribution in [0.5, 0.6) is 0 Å². The minimum Gasteiger partial charge on any atom is -0.235 e. The molecule has 1 atom stereocenters. The predicted octanol–water partition coefficient (Wildman–Crippen LogP) is 1.54. The Morgan fingerprint density at radius 2 is 2.05 bits per heavy atom. The second-order valence-electron chi connectivity index (χ2n) is 4.55. The highest BCUT2D eigenvalue weighted by atomic mass is 79.9. The first-order chi connectivity index (χ1) is 9.14. The van der Waals surface area contributed by atoms with E-state index in [9.17, 15) is 21.6 Å². The van der Waals surface area contributed by atoms with Gasteiger partial charge in [0.15, 0.2) is 4.60 Å². The molecule has 1 aromatic rings. The molecule has 0 amide bonds. The number of hydrogen-bond acceptors (Lipinski definition) is 4. The van der Waals surface area contributed by atoms with Gasteiger partial charge in [0.05, 0.1) is 5.92 Å². The molecule has 11 heteroatoms. The maximum atomic E-state index is 12.7. The Kier molecular flexibility index (Phi) is 4.13. The first kappa shape index (κ1) is 15.7. The lowest BCUT2D eigenvalue weighted by Gasteiger charge is -2.32. The van der Waals surface area contributed by atoms with E-state index in [1.54, 1.807) is 0 Å². The summed E-state index contributed by atoms with van der Waals surface area (Å²) in [5, 5.41) is 6.85. The molecule has 1 aromatic heterocycles. The van der Waals surface area contributed by atoms with Crippen LogP contribution >= 0.6 is 15.9 Å². The van der Waals surface area contributed by atoms with E-state index >= 15 is 0 Å². The second-order valence-corrected chi connectivity index (χ2v) is 7.16. The van der Waals surface area contributed by atoms with Crippen molar-refractivity contribution in [2.75, 3.05) is 13.1 Å². The van der Waals surface area contributed by atoms with Crippen molar-refractivity contribution in [3.8, 4) is 0 Å². The molecule has 0 spiro atoms. The number of nitrogens with zero attached hydrogens (tertiary/aromatic N) is 4. The molecule has 1 fully saturated rings. The van der Waals surface area contributed by atoms with Crippen LogP contribution in [0.1, 0.15) is 12.8 Å². The van der Waals surface area contributed by atoms with Crippen LogP contribution in [0.2, 0.25) is 0 Å². The average Bonchev–Trinajstić information content (AvgIpc) is 2.68. The lowest BCUT2D eigenvalue weighted by Crippen LogP contribution is -2.45. The Bertz CT molecular complexity index is 581. The van der Waals surface area contributed by atoms with Crippen molar-refractivity contribution in [2.45, 2.75) is 24.0 Å². The molecule has 0 aliphatic carbocycles. The van der Waals surface area contributed by atoms with Crippen molar-refractivity contribution >= 4 is 26.0 Å². The number of aromatic nitrogens is 3. The van der Waals surface area contributed by atoms with Crippen LogP contribution in [0, 0.1) is 5.92 Å². The number of hydrogen-bond donors (Lipinski definition) is 0. The van der Waals surface area contributed by atoms with Gasteiger partial charge in [-0.25, -0.2) is 13.1 Å². The van der Waals surface area contributed by atoms with Crippen molar-refractivity contribution in [1.29, 1.82) is 0 Å². The topological polar surface area (TPSA) is 68.1 Å². The Labute approximate surface area is 122 Å². The van der Waals surface area contributed by atoms with Crippen LogP contribution in [0.3, 0.4) is 0 Å². The molecule has 0 saturated carbocycles. The number of sulfonamides is 1. The first-order valence-electron chi connectivity index (χ1n) is 5.76. The van der Waals surface area contributed by atoms with Crippen LogP contribution in [0.25, 0.3) is 0 Å². The summed E-state index contributed by atoms with van der Waals surface area (Å²) in [6, 6.07) is 0. The van der Waals surface area contributed by atoms with Gasteiger partial charge in [-0.15, -0.1) is 5.10 Å². The molecule has 2 rings (SSSR count). The summed E-state index contributed by atoms with van der Waals surface area (Å²) in [5.41, 5.74) is 0. The lowest BCUT2D eigenvalue weighted by molar-refractivity contribution is -0.182. The third kappa shape index (κ3) is 2.84. The van der Waals surface area contributed by atoms with E-state index in [0.717, 1.165) is 8.99 Å². The normalized spacial score (nSPS) is 22.1. The van der Waals surface area contributed by atoms with Gasteiger partial charge in [0.1, 0.15) is 0 Å². The smallest absolute Gasteiger partial charge is 0.235 e. The average molecular weight is 377 g/mol. The zero-order valence-corrected chi connectivity index (χ0v) is 12.8. The summed E-state index contributed by atoms with van der Waals surface area (Å²) in [4.78, 5) is 0. The molecule has 1 saturated heterocycles. The Morgan fingerprint density at radius 1 is 1.40 bits per heavy atom. The third-order valence-corrected chi connectivity index (χ3v) is 5.92. The van der Waals surface area contributed by atoms with E-state index in [0.29, 0.717) is 0 Å². The number of alkyl halides is 3. The van der Waals surface area contributed by atoms with E-state index in [4.69, 9.17) is 0 Å². The van der Waals surface area contributed by atoms with Crippen molar-refractivity contribution in [2.24, 2.45) is 13.0 Å². The quantitative estimate of drug-likeness (QED) is 0.784. The second kappa shape index (κ2) is 5.26. The summed E-state index contributed by atoms with van der Waals surface area (Å²) >= 11 is 2.95. The molecule has 1 unspecified atom stereocenters. The highest BCUT2D eigenvalue weighted by Crippen LogP contribution is 2.35. The number of aryl methyl sites for hydroxylation is 1. The summed E-state index contributed by atoms with van der Waals surface area (Å²) in [5.74, 6) is -1.63. The monoisotopic (exact) mass is 376 g/mol. The highest BCUT2D eigenvalue weighted by Gasteiger charge is 2.45. The van der Waals surface area contributed by atoms with Crippen LogP contribution in [-0.2, 0) is 17.1 Å². The molecular formula is C9H12BrF3N4O2S. The van der Waals surface area contributed by atoms with Gasteiger partial charge in [-0.1, -0.05) is 5.21 Å². The van der Waals surface area contributed by atoms with E-state index in [2.05, 4.69) is 26.2 Å². The van der Waals surface area contributed by atoms with Gasteiger partial charge < -0.3 is 0 Å². The summed E-state index contributed by atoms with van der Waals surface area (Å²) < 4.78 is 64.9. The molecular weight excluding hydrogens is 365 g/mol. The van der Waals surface area contributed by atoms with Crippen LogP contribution in [-0.4, -0.2) is 47.0 Å². The largest absolute Gasteiger partial charge is 0.393 e. The van der Waals surface area contributed by atoms with E-state index in [1.807, 2.05) is 0 Å². The molecule has 2 heterocycles. The van der Waals surface area contributed by atoms with Gasteiger partial charge >= 0.3 is 6.18 Å². The summed E-state index contributed by atoms with van der Waals surface area (Å²) in [6.07, 6.45) is -4.28. The molecule has 6 nitrogen and oxygen atoms in total. The molecule has 0 bridgehead atoms. The van der Waals surface area contributed by atoms with E-state index < -0.39 is 28.7 Å². The molecule has 20 heavy (non-hydrogen) atoms. The molecule has 0 aromatic carbocycles. The molecule has 1 aliphatic heterocycles. The summed E-state index contributed by atoms with van der Waals surface area (Å²) in [6.45, 7) is -0.504. The van der Waals surface area contributed by atoms with E-state index in [-0.39, 0.29) is 29.0 Å². The van der Waals surface area contributed by atoms with Crippen molar-refractivity contribution in [3.05, 3.63) is 4.60 Å². The first-order valence-corrected chi connectivity index (χ1v) is 7.99. The Balaban J connectivity index is 2.31. The highest BCUT2D eigenvalue weighted by molar-refractivity contribution is 9.10. The fourth-order valence-electron chi connectivity index (χ4n) is 2.15. The minimum absolute atomic E-state index is 0.00543. The van der Waals surface area contributed by atoms with Crippen LogP contribution in [0.4, 0.5) is 13.2 Å². The summed E-state index contributed by atoms with van der Waals surface area (Å²) in [7, 11) is -2.68. The number of halogens is 4. The Morgan fingerprint density at radius 3 is 2.55 bits per heavy atom. The van der Waals surface area contributed by atoms with E-state index in [1.165, 1.54) is 7.05 Å². The minimum atomic E-state index is -4.39. The number of piperidine rings is 1. The molecule has 0 N–H and O–H groups in total. The SMILES string of the molecule is Cn1nnc(Br)c1S(=O)(=O)N1CCCC(C(F)(F)F)C1. The fraction of sp³-hybridized carbons (Fsp3) is 0.778. The van der Waals surface area contributed by atoms with Gasteiger partial charge in [0, 0.05) is 20.1 Å². The van der Waals surface area contributed by atoms with Gasteiger partial charge in [-0.3, -0.25) is 0 Å². The van der Waals surface area contributed by atoms with Gasteiger partial charge in [0.25, 0.3) is 10.0 Å². The lowest BCUT2D eigenvalue weighted by atomic mass is 9.99. The number of rotatable bonds is 2. The van der Waals surface area contributed by atoms with Crippen LogP contribution < -0.4 is 0 Å². The zero-order valence-electron chi connectivity index (χ0n) is 10.4. The Hall–Kier alpha value is -0.680. The molecule has 114 valence electrons. The van der Waals surface area contributed by atoms with Gasteiger partial charge in [0.2, 0.25) is 5.03 Å². The molecule has 1 aliphatic rings. The predicted molar refractivity (Wildman–Crippen MR) is 66.2 cm³/mol. The third-order valence-electron chi connectivity index (χ3n) is 3.17. The van der Waals surface area contributed by atoms with Gasteiger partial charge in [-0.05, 0) is 28.8 Å². The fourth-order valence-corrected chi connectivity index (χ4v) is 4.70. The van der Waals surface area contributed by atoms with Gasteiger partial charge in [-0.2, -0.15) is 17.5 Å². The standard InChI is InChI=1S/C9H12BrF3N4O2S/c1-16-8(7(10)14-15-16)20(18,19)17-4-2-3-6(5-17)9(11,12)13/h6H,2-5H2,1H3. The van der Waals surface area contributed by atoms with Crippen molar-refractivity contribution in [3.63, 3.8) is 0 Å².